The van der Waals surface area contributed by atoms with Gasteiger partial charge in [-0.25, -0.2) is 4.68 Å². The summed E-state index contributed by atoms with van der Waals surface area (Å²) in [5, 5.41) is 8.18. The highest BCUT2D eigenvalue weighted by atomic mass is 16.2. The SMILES string of the molecule is NC(=O)[C@@H]1CCCN(C(=O)Cn2nnc3ccccc3c2=O)C1. The summed E-state index contributed by atoms with van der Waals surface area (Å²) in [6.45, 7) is 0.657. The van der Waals surface area contributed by atoms with Gasteiger partial charge in [0.05, 0.1) is 11.3 Å². The molecule has 0 saturated carbocycles. The van der Waals surface area contributed by atoms with Crippen LogP contribution in [0.5, 0.6) is 0 Å². The molecule has 23 heavy (non-hydrogen) atoms. The molecule has 0 spiro atoms. The number of nitrogens with zero attached hydrogens (tertiary/aromatic N) is 4. The summed E-state index contributed by atoms with van der Waals surface area (Å²) in [5.74, 6) is -0.986. The molecule has 1 saturated heterocycles. The average molecular weight is 315 g/mol. The molecule has 2 aromatic rings. The van der Waals surface area contributed by atoms with E-state index in [2.05, 4.69) is 10.3 Å². The fraction of sp³-hybridized carbons (Fsp3) is 0.400. The van der Waals surface area contributed by atoms with Gasteiger partial charge in [-0.1, -0.05) is 17.3 Å². The number of amides is 2. The molecule has 0 bridgehead atoms. The van der Waals surface area contributed by atoms with Gasteiger partial charge in [-0.2, -0.15) is 0 Å². The number of nitrogens with two attached hydrogens (primary N) is 1. The monoisotopic (exact) mass is 315 g/mol. The van der Waals surface area contributed by atoms with E-state index in [1.165, 1.54) is 0 Å². The van der Waals surface area contributed by atoms with Crippen molar-refractivity contribution in [3.8, 4) is 0 Å². The predicted octanol–water partition coefficient (Wildman–Crippen LogP) is -0.485. The van der Waals surface area contributed by atoms with Gasteiger partial charge in [-0.3, -0.25) is 14.4 Å². The zero-order valence-corrected chi connectivity index (χ0v) is 12.5. The van der Waals surface area contributed by atoms with E-state index in [9.17, 15) is 14.4 Å². The topological polar surface area (TPSA) is 111 Å². The molecule has 0 radical (unpaired) electrons. The van der Waals surface area contributed by atoms with Gasteiger partial charge in [-0.05, 0) is 25.0 Å². The molecule has 3 rings (SSSR count). The molecule has 1 atom stereocenters. The van der Waals surface area contributed by atoms with Crippen LogP contribution in [0.1, 0.15) is 12.8 Å². The molecule has 0 aliphatic carbocycles. The molecule has 8 nitrogen and oxygen atoms in total. The van der Waals surface area contributed by atoms with Crippen LogP contribution in [0, 0.1) is 5.92 Å². The molecule has 1 aromatic carbocycles. The Morgan fingerprint density at radius 1 is 1.30 bits per heavy atom. The molecule has 2 amide bonds. The molecule has 1 aliphatic heterocycles. The van der Waals surface area contributed by atoms with Crippen molar-refractivity contribution in [1.29, 1.82) is 0 Å². The highest BCUT2D eigenvalue weighted by Crippen LogP contribution is 2.16. The third kappa shape index (κ3) is 3.05. The van der Waals surface area contributed by atoms with Crippen LogP contribution in [0.2, 0.25) is 0 Å². The first kappa shape index (κ1) is 15.1. The number of primary amides is 1. The molecule has 8 heteroatoms. The van der Waals surface area contributed by atoms with Crippen molar-refractivity contribution in [3.63, 3.8) is 0 Å². The minimum Gasteiger partial charge on any atom is -0.369 e. The maximum Gasteiger partial charge on any atom is 0.278 e. The van der Waals surface area contributed by atoms with Gasteiger partial charge in [0, 0.05) is 13.1 Å². The number of carbonyl (C=O) groups is 2. The molecule has 1 aromatic heterocycles. The van der Waals surface area contributed by atoms with E-state index >= 15 is 0 Å². The zero-order chi connectivity index (χ0) is 16.4. The van der Waals surface area contributed by atoms with Gasteiger partial charge in [0.1, 0.15) is 12.1 Å². The lowest BCUT2D eigenvalue weighted by Gasteiger charge is -2.31. The Kier molecular flexibility index (Phi) is 4.05. The van der Waals surface area contributed by atoms with Crippen molar-refractivity contribution >= 4 is 22.7 Å². The van der Waals surface area contributed by atoms with Crippen molar-refractivity contribution < 1.29 is 9.59 Å². The van der Waals surface area contributed by atoms with Gasteiger partial charge >= 0.3 is 0 Å². The predicted molar refractivity (Wildman–Crippen MR) is 82.3 cm³/mol. The smallest absolute Gasteiger partial charge is 0.278 e. The summed E-state index contributed by atoms with van der Waals surface area (Å²) in [5.41, 5.74) is 5.45. The van der Waals surface area contributed by atoms with E-state index in [1.54, 1.807) is 29.2 Å². The third-order valence-electron chi connectivity index (χ3n) is 4.09. The van der Waals surface area contributed by atoms with Gasteiger partial charge < -0.3 is 10.6 Å². The maximum absolute atomic E-state index is 12.4. The lowest BCUT2D eigenvalue weighted by Crippen LogP contribution is -2.46. The lowest BCUT2D eigenvalue weighted by molar-refractivity contribution is -0.135. The van der Waals surface area contributed by atoms with Crippen molar-refractivity contribution in [2.24, 2.45) is 11.7 Å². The van der Waals surface area contributed by atoms with Crippen LogP contribution in [-0.2, 0) is 16.1 Å². The van der Waals surface area contributed by atoms with E-state index in [0.29, 0.717) is 30.4 Å². The Bertz CT molecular complexity index is 816. The van der Waals surface area contributed by atoms with Crippen molar-refractivity contribution in [2.75, 3.05) is 13.1 Å². The Hall–Kier alpha value is -2.77. The number of hydrogen-bond donors (Lipinski definition) is 1. The largest absolute Gasteiger partial charge is 0.369 e. The Balaban J connectivity index is 1.79. The number of hydrogen-bond acceptors (Lipinski definition) is 5. The van der Waals surface area contributed by atoms with E-state index in [1.807, 2.05) is 0 Å². The fourth-order valence-corrected chi connectivity index (χ4v) is 2.79. The van der Waals surface area contributed by atoms with Crippen LogP contribution in [0.3, 0.4) is 0 Å². The first-order chi connectivity index (χ1) is 11.1. The molecular weight excluding hydrogens is 298 g/mol. The summed E-state index contributed by atoms with van der Waals surface area (Å²) in [4.78, 5) is 37.6. The third-order valence-corrected chi connectivity index (χ3v) is 4.09. The number of carbonyl (C=O) groups excluding carboxylic acids is 2. The molecule has 2 N–H and O–H groups in total. The summed E-state index contributed by atoms with van der Waals surface area (Å²) in [6, 6.07) is 6.85. The van der Waals surface area contributed by atoms with E-state index in [0.717, 1.165) is 11.1 Å². The quantitative estimate of drug-likeness (QED) is 0.822. The average Bonchev–Trinajstić information content (AvgIpc) is 2.57. The molecule has 1 fully saturated rings. The molecule has 2 heterocycles. The van der Waals surface area contributed by atoms with Crippen LogP contribution in [-0.4, -0.2) is 44.8 Å². The molecular formula is C15H17N5O3. The summed E-state index contributed by atoms with van der Waals surface area (Å²) in [7, 11) is 0. The van der Waals surface area contributed by atoms with Crippen LogP contribution < -0.4 is 11.3 Å². The maximum atomic E-state index is 12.4. The van der Waals surface area contributed by atoms with Crippen molar-refractivity contribution in [2.45, 2.75) is 19.4 Å². The molecule has 1 aliphatic rings. The molecule has 0 unspecified atom stereocenters. The minimum atomic E-state index is -0.398. The van der Waals surface area contributed by atoms with Gasteiger partial charge in [-0.15, -0.1) is 5.10 Å². The summed E-state index contributed by atoms with van der Waals surface area (Å²) < 4.78 is 1.05. The van der Waals surface area contributed by atoms with Crippen molar-refractivity contribution in [1.82, 2.24) is 19.9 Å². The highest BCUT2D eigenvalue weighted by Gasteiger charge is 2.27. The highest BCUT2D eigenvalue weighted by molar-refractivity contribution is 5.80. The Labute approximate surface area is 131 Å². The zero-order valence-electron chi connectivity index (χ0n) is 12.5. The lowest BCUT2D eigenvalue weighted by atomic mass is 9.97. The van der Waals surface area contributed by atoms with Gasteiger partial charge in [0.15, 0.2) is 0 Å². The number of likely N-dealkylation sites (tertiary alicyclic amines) is 1. The van der Waals surface area contributed by atoms with Crippen LogP contribution >= 0.6 is 0 Å². The van der Waals surface area contributed by atoms with Crippen molar-refractivity contribution in [3.05, 3.63) is 34.6 Å². The Morgan fingerprint density at radius 3 is 2.87 bits per heavy atom. The van der Waals surface area contributed by atoms with Gasteiger partial charge in [0.25, 0.3) is 5.56 Å². The van der Waals surface area contributed by atoms with E-state index < -0.39 is 5.91 Å². The Morgan fingerprint density at radius 2 is 2.09 bits per heavy atom. The first-order valence-electron chi connectivity index (χ1n) is 7.46. The number of rotatable bonds is 3. The van der Waals surface area contributed by atoms with E-state index in [-0.39, 0.29) is 23.9 Å². The number of piperidine rings is 1. The van der Waals surface area contributed by atoms with Crippen LogP contribution in [0.25, 0.3) is 10.9 Å². The van der Waals surface area contributed by atoms with Gasteiger partial charge in [0.2, 0.25) is 11.8 Å². The minimum absolute atomic E-state index is 0.192. The first-order valence-corrected chi connectivity index (χ1v) is 7.46. The normalized spacial score (nSPS) is 18.1. The second-order valence-corrected chi connectivity index (χ2v) is 5.65. The standard InChI is InChI=1S/C15H17N5O3/c16-14(22)10-4-3-7-19(8-10)13(21)9-20-15(23)11-5-1-2-6-12(11)17-18-20/h1-2,5-6,10H,3-4,7-9H2,(H2,16,22)/t10-/m1/s1. The van der Waals surface area contributed by atoms with E-state index in [4.69, 9.17) is 5.73 Å². The molecule has 120 valence electrons. The summed E-state index contributed by atoms with van der Waals surface area (Å²) in [6.07, 6.45) is 1.41. The number of aromatic nitrogens is 3. The fourth-order valence-electron chi connectivity index (χ4n) is 2.79. The second-order valence-electron chi connectivity index (χ2n) is 5.65. The number of benzene rings is 1. The second kappa shape index (κ2) is 6.15. The number of fused-ring (bicyclic) bond motifs is 1. The van der Waals surface area contributed by atoms with Crippen LogP contribution in [0.4, 0.5) is 0 Å². The van der Waals surface area contributed by atoms with Crippen LogP contribution in [0.15, 0.2) is 29.1 Å². The summed E-state index contributed by atoms with van der Waals surface area (Å²) >= 11 is 0.